The van der Waals surface area contributed by atoms with E-state index < -0.39 is 0 Å². The van der Waals surface area contributed by atoms with E-state index in [1.807, 2.05) is 12.1 Å². The summed E-state index contributed by atoms with van der Waals surface area (Å²) in [5, 5.41) is 0.635. The Morgan fingerprint density at radius 2 is 2.10 bits per heavy atom. The lowest BCUT2D eigenvalue weighted by Crippen LogP contribution is -2.35. The summed E-state index contributed by atoms with van der Waals surface area (Å²) in [5.74, 6) is 1.10. The number of rotatable bonds is 6. The normalized spacial score (nSPS) is 17.3. The maximum atomic E-state index is 12.1. The third kappa shape index (κ3) is 4.60. The molecule has 3 heteroatoms. The summed E-state index contributed by atoms with van der Waals surface area (Å²) >= 11 is 5.92. The summed E-state index contributed by atoms with van der Waals surface area (Å²) in [7, 11) is 0. The largest absolute Gasteiger partial charge is 0.303 e. The van der Waals surface area contributed by atoms with Gasteiger partial charge in [-0.2, -0.15) is 0 Å². The van der Waals surface area contributed by atoms with Gasteiger partial charge in [-0.3, -0.25) is 4.79 Å². The molecule has 1 saturated heterocycles. The van der Waals surface area contributed by atoms with Gasteiger partial charge >= 0.3 is 0 Å². The molecule has 0 radical (unpaired) electrons. The van der Waals surface area contributed by atoms with Crippen molar-refractivity contribution in [2.24, 2.45) is 5.92 Å². The minimum Gasteiger partial charge on any atom is -0.303 e. The molecule has 0 aliphatic carbocycles. The number of halogens is 1. The van der Waals surface area contributed by atoms with Gasteiger partial charge in [-0.1, -0.05) is 43.5 Å². The Kier molecular flexibility index (Phi) is 6.06. The van der Waals surface area contributed by atoms with Crippen LogP contribution in [0.4, 0.5) is 0 Å². The molecule has 1 aromatic rings. The molecule has 0 saturated carbocycles. The van der Waals surface area contributed by atoms with Gasteiger partial charge < -0.3 is 4.90 Å². The Morgan fingerprint density at radius 1 is 1.35 bits per heavy atom. The highest BCUT2D eigenvalue weighted by Gasteiger charge is 2.19. The molecule has 110 valence electrons. The van der Waals surface area contributed by atoms with Crippen molar-refractivity contribution < 1.29 is 4.79 Å². The van der Waals surface area contributed by atoms with Crippen LogP contribution in [0.25, 0.3) is 0 Å². The molecule has 2 nitrogen and oxygen atoms in total. The second kappa shape index (κ2) is 7.80. The second-order valence-electron chi connectivity index (χ2n) is 5.76. The van der Waals surface area contributed by atoms with E-state index in [2.05, 4.69) is 11.8 Å². The van der Waals surface area contributed by atoms with E-state index in [-0.39, 0.29) is 5.78 Å². The van der Waals surface area contributed by atoms with Crippen LogP contribution < -0.4 is 0 Å². The number of nitrogens with zero attached hydrogens (tertiary/aromatic N) is 1. The molecule has 20 heavy (non-hydrogen) atoms. The zero-order valence-corrected chi connectivity index (χ0v) is 13.0. The fraction of sp³-hybridized carbons (Fsp3) is 0.588. The van der Waals surface area contributed by atoms with E-state index in [9.17, 15) is 4.79 Å². The van der Waals surface area contributed by atoms with Crippen LogP contribution in [0.3, 0.4) is 0 Å². The Morgan fingerprint density at radius 3 is 2.75 bits per heavy atom. The van der Waals surface area contributed by atoms with Gasteiger partial charge in [0, 0.05) is 23.6 Å². The van der Waals surface area contributed by atoms with Crippen molar-refractivity contribution in [2.45, 2.75) is 39.0 Å². The van der Waals surface area contributed by atoms with E-state index in [1.54, 1.807) is 12.1 Å². The predicted molar refractivity (Wildman–Crippen MR) is 84.5 cm³/mol. The van der Waals surface area contributed by atoms with Crippen molar-refractivity contribution in [1.29, 1.82) is 0 Å². The molecule has 0 aromatic heterocycles. The molecular formula is C17H24ClNO. The molecular weight excluding hydrogens is 270 g/mol. The van der Waals surface area contributed by atoms with Crippen LogP contribution in [-0.4, -0.2) is 30.3 Å². The van der Waals surface area contributed by atoms with Gasteiger partial charge in [0.05, 0.1) is 0 Å². The number of hydrogen-bond donors (Lipinski definition) is 0. The first kappa shape index (κ1) is 15.5. The number of likely N-dealkylation sites (tertiary alicyclic amines) is 1. The first-order valence-electron chi connectivity index (χ1n) is 7.70. The molecule has 1 aliphatic heterocycles. The number of Topliss-reactive ketones (excluding diaryl/α,β-unsaturated/α-hetero) is 1. The van der Waals surface area contributed by atoms with Crippen molar-refractivity contribution in [3.63, 3.8) is 0 Å². The van der Waals surface area contributed by atoms with Crippen LogP contribution in [0.5, 0.6) is 0 Å². The minimum atomic E-state index is 0.197. The molecule has 2 rings (SSSR count). The lowest BCUT2D eigenvalue weighted by Gasteiger charge is -2.31. The second-order valence-corrected chi connectivity index (χ2v) is 6.19. The summed E-state index contributed by atoms with van der Waals surface area (Å²) < 4.78 is 0. The number of hydrogen-bond acceptors (Lipinski definition) is 2. The monoisotopic (exact) mass is 293 g/mol. The lowest BCUT2D eigenvalue weighted by atomic mass is 9.92. The summed E-state index contributed by atoms with van der Waals surface area (Å²) in [6.45, 7) is 5.43. The Bertz CT molecular complexity index is 438. The number of carbonyl (C=O) groups is 1. The molecule has 1 aromatic carbocycles. The van der Waals surface area contributed by atoms with Crippen LogP contribution in [-0.2, 0) is 0 Å². The van der Waals surface area contributed by atoms with E-state index >= 15 is 0 Å². The minimum absolute atomic E-state index is 0.197. The van der Waals surface area contributed by atoms with Gasteiger partial charge in [-0.25, -0.2) is 0 Å². The topological polar surface area (TPSA) is 20.3 Å². The third-order valence-corrected chi connectivity index (χ3v) is 4.44. The van der Waals surface area contributed by atoms with E-state index in [1.165, 1.54) is 25.7 Å². The summed E-state index contributed by atoms with van der Waals surface area (Å²) in [4.78, 5) is 14.5. The lowest BCUT2D eigenvalue weighted by molar-refractivity contribution is 0.0950. The summed E-state index contributed by atoms with van der Waals surface area (Å²) in [6, 6.07) is 7.25. The Balaban J connectivity index is 1.74. The maximum Gasteiger partial charge on any atom is 0.164 e. The molecule has 1 aliphatic rings. The van der Waals surface area contributed by atoms with E-state index in [0.717, 1.165) is 31.1 Å². The van der Waals surface area contributed by atoms with Crippen molar-refractivity contribution in [3.05, 3.63) is 34.9 Å². The molecule has 1 fully saturated rings. The van der Waals surface area contributed by atoms with Gasteiger partial charge in [-0.05, 0) is 44.0 Å². The Labute approximate surface area is 127 Å². The quantitative estimate of drug-likeness (QED) is 0.723. The molecule has 0 bridgehead atoms. The first-order valence-corrected chi connectivity index (χ1v) is 8.08. The van der Waals surface area contributed by atoms with Crippen molar-refractivity contribution in [3.8, 4) is 0 Å². The van der Waals surface area contributed by atoms with Crippen LogP contribution in [0.15, 0.2) is 24.3 Å². The van der Waals surface area contributed by atoms with Crippen LogP contribution in [0.2, 0.25) is 5.02 Å². The van der Waals surface area contributed by atoms with Crippen molar-refractivity contribution in [1.82, 2.24) is 4.90 Å². The van der Waals surface area contributed by atoms with E-state index in [4.69, 9.17) is 11.6 Å². The van der Waals surface area contributed by atoms with E-state index in [0.29, 0.717) is 11.4 Å². The molecule has 0 N–H and O–H groups in total. The van der Waals surface area contributed by atoms with Crippen LogP contribution in [0, 0.1) is 5.92 Å². The summed E-state index contributed by atoms with van der Waals surface area (Å²) in [5.41, 5.74) is 0.735. The fourth-order valence-corrected chi connectivity index (χ4v) is 3.16. The standard InChI is InChI=1S/C17H24ClNO/c1-2-4-14-7-10-19(11-8-14)12-9-17(20)15-5-3-6-16(18)13-15/h3,5-6,13-14H,2,4,7-12H2,1H3. The van der Waals surface area contributed by atoms with Gasteiger partial charge in [0.15, 0.2) is 5.78 Å². The van der Waals surface area contributed by atoms with Gasteiger partial charge in [0.25, 0.3) is 0 Å². The van der Waals surface area contributed by atoms with Gasteiger partial charge in [0.1, 0.15) is 0 Å². The van der Waals surface area contributed by atoms with Gasteiger partial charge in [-0.15, -0.1) is 0 Å². The Hall–Kier alpha value is -0.860. The molecule has 0 unspecified atom stereocenters. The average Bonchev–Trinajstić information content (AvgIpc) is 2.46. The number of piperidine rings is 1. The zero-order valence-electron chi connectivity index (χ0n) is 12.3. The summed E-state index contributed by atoms with van der Waals surface area (Å²) in [6.07, 6.45) is 5.82. The highest BCUT2D eigenvalue weighted by Crippen LogP contribution is 2.22. The first-order chi connectivity index (χ1) is 9.69. The van der Waals surface area contributed by atoms with Crippen molar-refractivity contribution >= 4 is 17.4 Å². The fourth-order valence-electron chi connectivity index (χ4n) is 2.97. The molecule has 1 heterocycles. The SMILES string of the molecule is CCCC1CCN(CCC(=O)c2cccc(Cl)c2)CC1. The predicted octanol–water partition coefficient (Wildman–Crippen LogP) is 4.42. The number of carbonyl (C=O) groups excluding carboxylic acids is 1. The van der Waals surface area contributed by atoms with Crippen molar-refractivity contribution in [2.75, 3.05) is 19.6 Å². The number of ketones is 1. The highest BCUT2D eigenvalue weighted by atomic mass is 35.5. The van der Waals surface area contributed by atoms with Crippen LogP contribution in [0.1, 0.15) is 49.4 Å². The molecule has 0 spiro atoms. The third-order valence-electron chi connectivity index (χ3n) is 4.21. The molecule has 0 atom stereocenters. The van der Waals surface area contributed by atoms with Crippen LogP contribution >= 0.6 is 11.6 Å². The highest BCUT2D eigenvalue weighted by molar-refractivity contribution is 6.31. The van der Waals surface area contributed by atoms with Gasteiger partial charge in [0.2, 0.25) is 0 Å². The average molecular weight is 294 g/mol. The number of benzene rings is 1. The zero-order chi connectivity index (χ0) is 14.4. The smallest absolute Gasteiger partial charge is 0.164 e. The molecule has 0 amide bonds. The maximum absolute atomic E-state index is 12.1.